The molecule has 0 N–H and O–H groups in total. The number of Topliss-reactive ketones (excluding diaryl/α,β-unsaturated/α-hetero) is 1. The first-order valence-electron chi connectivity index (χ1n) is 4.55. The number of hydrogen-bond acceptors (Lipinski definition) is 1. The number of carbonyl (C=O) groups is 1. The van der Waals surface area contributed by atoms with Gasteiger partial charge in [0.15, 0.2) is 5.78 Å². The Morgan fingerprint density at radius 1 is 1.31 bits per heavy atom. The van der Waals surface area contributed by atoms with Gasteiger partial charge >= 0.3 is 0 Å². The lowest BCUT2D eigenvalue weighted by Gasteiger charge is -1.98. The van der Waals surface area contributed by atoms with E-state index in [2.05, 4.69) is 0 Å². The van der Waals surface area contributed by atoms with E-state index in [0.717, 1.165) is 24.8 Å². The third-order valence-corrected chi connectivity index (χ3v) is 3.18. The molecule has 0 aliphatic heterocycles. The van der Waals surface area contributed by atoms with Gasteiger partial charge in [-0.3, -0.25) is 4.79 Å². The van der Waals surface area contributed by atoms with Gasteiger partial charge in [0.25, 0.3) is 0 Å². The lowest BCUT2D eigenvalue weighted by molar-refractivity contribution is 0.0919. The lowest BCUT2D eigenvalue weighted by Crippen LogP contribution is -2.08. The Morgan fingerprint density at radius 2 is 2.08 bits per heavy atom. The summed E-state index contributed by atoms with van der Waals surface area (Å²) in [5.74, 6) is -0.133. The summed E-state index contributed by atoms with van der Waals surface area (Å²) in [6.07, 6.45) is 2.81. The van der Waals surface area contributed by atoms with Crippen molar-refractivity contribution in [2.45, 2.75) is 19.3 Å². The first-order valence-corrected chi connectivity index (χ1v) is 4.55. The van der Waals surface area contributed by atoms with Gasteiger partial charge in [-0.2, -0.15) is 0 Å². The summed E-state index contributed by atoms with van der Waals surface area (Å²) < 4.78 is 12.9. The second-order valence-electron chi connectivity index (χ2n) is 4.09. The molecule has 0 aromatic heterocycles. The molecule has 2 heteroatoms. The Morgan fingerprint density at radius 3 is 2.77 bits per heavy atom. The second kappa shape index (κ2) is 2.00. The Bertz CT molecular complexity index is 405. The molecule has 1 nitrogen and oxygen atoms in total. The minimum absolute atomic E-state index is 0.101. The molecule has 0 amide bonds. The average Bonchev–Trinajstić information content (AvgIpc) is 2.83. The predicted octanol–water partition coefficient (Wildman–Crippen LogP) is 2.34. The molecule has 0 atom stereocenters. The van der Waals surface area contributed by atoms with Crippen molar-refractivity contribution in [3.8, 4) is 0 Å². The smallest absolute Gasteiger partial charge is 0.169 e. The van der Waals surface area contributed by atoms with E-state index in [4.69, 9.17) is 0 Å². The van der Waals surface area contributed by atoms with Crippen molar-refractivity contribution in [1.82, 2.24) is 0 Å². The molecule has 0 radical (unpaired) electrons. The van der Waals surface area contributed by atoms with E-state index in [0.29, 0.717) is 5.56 Å². The maximum Gasteiger partial charge on any atom is 0.169 e. The van der Waals surface area contributed by atoms with Crippen LogP contribution in [0.25, 0.3) is 0 Å². The normalized spacial score (nSPS) is 22.1. The molecule has 0 saturated heterocycles. The molecule has 2 aliphatic rings. The van der Waals surface area contributed by atoms with Crippen molar-refractivity contribution in [2.24, 2.45) is 5.41 Å². The molecule has 3 rings (SSSR count). The Labute approximate surface area is 75.6 Å². The quantitative estimate of drug-likeness (QED) is 0.593. The molecule has 66 valence electrons. The zero-order valence-corrected chi connectivity index (χ0v) is 7.14. The van der Waals surface area contributed by atoms with Crippen molar-refractivity contribution in [2.75, 3.05) is 0 Å². The lowest BCUT2D eigenvalue weighted by atomic mass is 10.0. The number of benzene rings is 1. The predicted molar refractivity (Wildman–Crippen MR) is 46.1 cm³/mol. The van der Waals surface area contributed by atoms with Crippen molar-refractivity contribution >= 4 is 5.78 Å². The van der Waals surface area contributed by atoms with Gasteiger partial charge in [-0.25, -0.2) is 4.39 Å². The third kappa shape index (κ3) is 0.831. The van der Waals surface area contributed by atoms with Gasteiger partial charge in [-0.05, 0) is 37.0 Å². The molecule has 1 aromatic carbocycles. The third-order valence-electron chi connectivity index (χ3n) is 3.18. The minimum atomic E-state index is -0.301. The molecule has 0 heterocycles. The number of halogens is 1. The van der Waals surface area contributed by atoms with E-state index in [1.54, 1.807) is 6.07 Å². The fourth-order valence-corrected chi connectivity index (χ4v) is 2.20. The van der Waals surface area contributed by atoms with Crippen molar-refractivity contribution in [3.63, 3.8) is 0 Å². The fourth-order valence-electron chi connectivity index (χ4n) is 2.20. The highest BCUT2D eigenvalue weighted by Crippen LogP contribution is 2.55. The van der Waals surface area contributed by atoms with Crippen LogP contribution >= 0.6 is 0 Å². The van der Waals surface area contributed by atoms with Crippen LogP contribution in [0.4, 0.5) is 4.39 Å². The number of rotatable bonds is 0. The van der Waals surface area contributed by atoms with Crippen LogP contribution in [0.1, 0.15) is 28.8 Å². The number of fused-ring (bicyclic) bond motifs is 1. The van der Waals surface area contributed by atoms with Crippen LogP contribution in [0.5, 0.6) is 0 Å². The Kier molecular flexibility index (Phi) is 1.12. The largest absolute Gasteiger partial charge is 0.294 e. The van der Waals surface area contributed by atoms with E-state index >= 15 is 0 Å². The number of ketones is 1. The highest BCUT2D eigenvalue weighted by Gasteiger charge is 2.54. The van der Waals surface area contributed by atoms with Crippen molar-refractivity contribution < 1.29 is 9.18 Å². The highest BCUT2D eigenvalue weighted by molar-refractivity contribution is 6.06. The monoisotopic (exact) mass is 176 g/mol. The van der Waals surface area contributed by atoms with Gasteiger partial charge in [0.05, 0.1) is 0 Å². The topological polar surface area (TPSA) is 17.1 Å². The summed E-state index contributed by atoms with van der Waals surface area (Å²) in [5.41, 5.74) is 1.55. The maximum absolute atomic E-state index is 12.9. The summed E-state index contributed by atoms with van der Waals surface area (Å²) in [4.78, 5) is 11.8. The van der Waals surface area contributed by atoms with Gasteiger partial charge in [-0.1, -0.05) is 6.07 Å². The van der Waals surface area contributed by atoms with Gasteiger partial charge in [0.2, 0.25) is 0 Å². The summed E-state index contributed by atoms with van der Waals surface area (Å²) in [6.45, 7) is 0. The first kappa shape index (κ1) is 7.25. The maximum atomic E-state index is 12.9. The van der Waals surface area contributed by atoms with Crippen molar-refractivity contribution in [3.05, 3.63) is 35.1 Å². The molecule has 2 aliphatic carbocycles. The van der Waals surface area contributed by atoms with Crippen LogP contribution in [0.15, 0.2) is 18.2 Å². The summed E-state index contributed by atoms with van der Waals surface area (Å²) in [5, 5.41) is 0. The standard InChI is InChI=1S/C11H9FO/c12-8-2-1-7-6-11(3-4-11)10(13)9(7)5-8/h1-2,5H,3-4,6H2. The van der Waals surface area contributed by atoms with Crippen LogP contribution in [0.2, 0.25) is 0 Å². The molecule has 1 spiro atoms. The zero-order chi connectivity index (χ0) is 9.05. The van der Waals surface area contributed by atoms with E-state index in [1.165, 1.54) is 12.1 Å². The van der Waals surface area contributed by atoms with E-state index < -0.39 is 0 Å². The Hall–Kier alpha value is -1.18. The van der Waals surface area contributed by atoms with Crippen LogP contribution in [0, 0.1) is 11.2 Å². The molecule has 1 saturated carbocycles. The van der Waals surface area contributed by atoms with E-state index in [1.807, 2.05) is 0 Å². The van der Waals surface area contributed by atoms with Gasteiger partial charge in [0, 0.05) is 11.0 Å². The zero-order valence-electron chi connectivity index (χ0n) is 7.14. The van der Waals surface area contributed by atoms with Crippen LogP contribution in [-0.4, -0.2) is 5.78 Å². The van der Waals surface area contributed by atoms with Crippen molar-refractivity contribution in [1.29, 1.82) is 0 Å². The molecule has 0 unspecified atom stereocenters. The minimum Gasteiger partial charge on any atom is -0.294 e. The van der Waals surface area contributed by atoms with Gasteiger partial charge in [-0.15, -0.1) is 0 Å². The summed E-state index contributed by atoms with van der Waals surface area (Å²) in [6, 6.07) is 4.56. The fraction of sp³-hybridized carbons (Fsp3) is 0.364. The van der Waals surface area contributed by atoms with Gasteiger partial charge in [0.1, 0.15) is 5.82 Å². The number of hydrogen-bond donors (Lipinski definition) is 0. The highest BCUT2D eigenvalue weighted by atomic mass is 19.1. The summed E-state index contributed by atoms with van der Waals surface area (Å²) >= 11 is 0. The summed E-state index contributed by atoms with van der Waals surface area (Å²) in [7, 11) is 0. The van der Waals surface area contributed by atoms with Crippen LogP contribution in [-0.2, 0) is 6.42 Å². The molecular formula is C11H9FO. The number of carbonyl (C=O) groups excluding carboxylic acids is 1. The Balaban J connectivity index is 2.18. The molecule has 0 bridgehead atoms. The molecule has 1 fully saturated rings. The van der Waals surface area contributed by atoms with Crippen LogP contribution < -0.4 is 0 Å². The van der Waals surface area contributed by atoms with E-state index in [-0.39, 0.29) is 17.0 Å². The van der Waals surface area contributed by atoms with Crippen LogP contribution in [0.3, 0.4) is 0 Å². The first-order chi connectivity index (χ1) is 6.21. The second-order valence-corrected chi connectivity index (χ2v) is 4.09. The van der Waals surface area contributed by atoms with E-state index in [9.17, 15) is 9.18 Å². The SMILES string of the molecule is O=C1c2cc(F)ccc2CC12CC2. The molecule has 13 heavy (non-hydrogen) atoms. The molecule has 1 aromatic rings. The van der Waals surface area contributed by atoms with Gasteiger partial charge < -0.3 is 0 Å². The molecular weight excluding hydrogens is 167 g/mol. The average molecular weight is 176 g/mol.